The third kappa shape index (κ3) is 3.19. The number of piperazine rings is 1. The zero-order chi connectivity index (χ0) is 20.8. The predicted octanol–water partition coefficient (Wildman–Crippen LogP) is 1.72. The summed E-state index contributed by atoms with van der Waals surface area (Å²) in [6, 6.07) is 5.91. The number of carbonyl (C=O) groups is 1. The topological polar surface area (TPSA) is 75.7 Å². The van der Waals surface area contributed by atoms with Gasteiger partial charge in [0.1, 0.15) is 0 Å². The van der Waals surface area contributed by atoms with E-state index < -0.39 is 0 Å². The van der Waals surface area contributed by atoms with Crippen LogP contribution in [-0.4, -0.2) is 61.1 Å². The third-order valence-corrected chi connectivity index (χ3v) is 6.69. The average Bonchev–Trinajstić information content (AvgIpc) is 3.43. The van der Waals surface area contributed by atoms with Crippen LogP contribution in [0.4, 0.5) is 0 Å². The molecule has 0 unspecified atom stereocenters. The molecule has 1 aromatic carbocycles. The van der Waals surface area contributed by atoms with Crippen molar-refractivity contribution in [3.63, 3.8) is 0 Å². The van der Waals surface area contributed by atoms with Crippen molar-refractivity contribution in [1.82, 2.24) is 29.0 Å². The van der Waals surface area contributed by atoms with Crippen LogP contribution in [0.5, 0.6) is 0 Å². The SMILES string of the molecule is Cc1ccc2c(c1)c(=O)n(C)c1nnc(CN3CCN(C(=O)C4CCCC4)CC3)n21. The molecular weight excluding hydrogens is 380 g/mol. The maximum Gasteiger partial charge on any atom is 0.262 e. The number of carbonyl (C=O) groups excluding carboxylic acids is 1. The van der Waals surface area contributed by atoms with Crippen LogP contribution in [0.2, 0.25) is 0 Å². The first-order valence-electron chi connectivity index (χ1n) is 10.9. The monoisotopic (exact) mass is 408 g/mol. The van der Waals surface area contributed by atoms with Crippen LogP contribution in [0.25, 0.3) is 16.7 Å². The van der Waals surface area contributed by atoms with Crippen LogP contribution in [-0.2, 0) is 18.4 Å². The number of fused-ring (bicyclic) bond motifs is 3. The standard InChI is InChI=1S/C22H28N6O2/c1-15-7-8-18-17(13-15)21(30)25(2)22-24-23-19(28(18)22)14-26-9-11-27(12-10-26)20(29)16-5-3-4-6-16/h7-8,13,16H,3-6,9-12,14H2,1-2H3. The largest absolute Gasteiger partial charge is 0.340 e. The van der Waals surface area contributed by atoms with E-state index in [1.54, 1.807) is 11.6 Å². The summed E-state index contributed by atoms with van der Waals surface area (Å²) >= 11 is 0. The number of hydrogen-bond donors (Lipinski definition) is 0. The zero-order valence-corrected chi connectivity index (χ0v) is 17.7. The van der Waals surface area contributed by atoms with Crippen molar-refractivity contribution < 1.29 is 4.79 Å². The van der Waals surface area contributed by atoms with Crippen molar-refractivity contribution in [2.24, 2.45) is 13.0 Å². The van der Waals surface area contributed by atoms with Crippen LogP contribution in [0, 0.1) is 12.8 Å². The molecule has 0 atom stereocenters. The Labute approximate surface area is 175 Å². The second-order valence-corrected chi connectivity index (χ2v) is 8.72. The number of rotatable bonds is 3. The van der Waals surface area contributed by atoms with E-state index in [4.69, 9.17) is 0 Å². The summed E-state index contributed by atoms with van der Waals surface area (Å²) in [6.45, 7) is 5.83. The number of aromatic nitrogens is 4. The number of amides is 1. The predicted molar refractivity (Wildman–Crippen MR) is 114 cm³/mol. The molecule has 0 spiro atoms. The van der Waals surface area contributed by atoms with Gasteiger partial charge in [-0.3, -0.25) is 23.5 Å². The first-order chi connectivity index (χ1) is 14.5. The number of aryl methyl sites for hydroxylation is 2. The molecular formula is C22H28N6O2. The number of nitrogens with zero attached hydrogens (tertiary/aromatic N) is 6. The molecule has 3 aromatic rings. The lowest BCUT2D eigenvalue weighted by Gasteiger charge is -2.35. The average molecular weight is 409 g/mol. The first kappa shape index (κ1) is 19.2. The molecule has 1 saturated heterocycles. The van der Waals surface area contributed by atoms with E-state index in [2.05, 4.69) is 15.1 Å². The van der Waals surface area contributed by atoms with Crippen LogP contribution in [0.15, 0.2) is 23.0 Å². The fourth-order valence-electron chi connectivity index (χ4n) is 4.92. The van der Waals surface area contributed by atoms with E-state index in [9.17, 15) is 9.59 Å². The molecule has 2 aromatic heterocycles. The highest BCUT2D eigenvalue weighted by atomic mass is 16.2. The zero-order valence-electron chi connectivity index (χ0n) is 17.7. The molecule has 2 aliphatic rings. The second kappa shape index (κ2) is 7.50. The van der Waals surface area contributed by atoms with E-state index in [0.717, 1.165) is 55.9 Å². The Kier molecular flexibility index (Phi) is 4.81. The quantitative estimate of drug-likeness (QED) is 0.660. The lowest BCUT2D eigenvalue weighted by atomic mass is 10.1. The fraction of sp³-hybridized carbons (Fsp3) is 0.545. The summed E-state index contributed by atoms with van der Waals surface area (Å²) in [5.41, 5.74) is 1.84. The van der Waals surface area contributed by atoms with Gasteiger partial charge < -0.3 is 4.90 Å². The highest BCUT2D eigenvalue weighted by Gasteiger charge is 2.29. The summed E-state index contributed by atoms with van der Waals surface area (Å²) in [5, 5.41) is 9.39. The van der Waals surface area contributed by atoms with Crippen molar-refractivity contribution >= 4 is 22.6 Å². The Morgan fingerprint density at radius 2 is 1.83 bits per heavy atom. The van der Waals surface area contributed by atoms with Gasteiger partial charge in [0.15, 0.2) is 5.82 Å². The van der Waals surface area contributed by atoms with E-state index >= 15 is 0 Å². The van der Waals surface area contributed by atoms with Gasteiger partial charge in [-0.1, -0.05) is 24.5 Å². The van der Waals surface area contributed by atoms with Crippen LogP contribution in [0.3, 0.4) is 0 Å². The lowest BCUT2D eigenvalue weighted by molar-refractivity contribution is -0.137. The van der Waals surface area contributed by atoms with Crippen molar-refractivity contribution in [1.29, 1.82) is 0 Å². The molecule has 5 rings (SSSR count). The summed E-state index contributed by atoms with van der Waals surface area (Å²) in [4.78, 5) is 29.8. The maximum atomic E-state index is 12.7. The van der Waals surface area contributed by atoms with Crippen molar-refractivity contribution in [2.75, 3.05) is 26.2 Å². The van der Waals surface area contributed by atoms with Gasteiger partial charge in [0, 0.05) is 39.1 Å². The Hall–Kier alpha value is -2.74. The van der Waals surface area contributed by atoms with Gasteiger partial charge in [0.2, 0.25) is 11.7 Å². The molecule has 0 N–H and O–H groups in total. The maximum absolute atomic E-state index is 12.7. The Bertz CT molecular complexity index is 1170. The molecule has 1 aliphatic carbocycles. The minimum absolute atomic E-state index is 0.0563. The molecule has 8 nitrogen and oxygen atoms in total. The minimum Gasteiger partial charge on any atom is -0.340 e. The van der Waals surface area contributed by atoms with Gasteiger partial charge in [-0.15, -0.1) is 10.2 Å². The molecule has 2 fully saturated rings. The third-order valence-electron chi connectivity index (χ3n) is 6.69. The smallest absolute Gasteiger partial charge is 0.262 e. The van der Waals surface area contributed by atoms with E-state index in [0.29, 0.717) is 23.6 Å². The van der Waals surface area contributed by atoms with Crippen LogP contribution < -0.4 is 5.56 Å². The van der Waals surface area contributed by atoms with Crippen molar-refractivity contribution in [3.8, 4) is 0 Å². The van der Waals surface area contributed by atoms with E-state index in [-0.39, 0.29) is 11.5 Å². The normalized spacial score (nSPS) is 18.7. The Morgan fingerprint density at radius 1 is 1.10 bits per heavy atom. The number of hydrogen-bond acceptors (Lipinski definition) is 5. The molecule has 30 heavy (non-hydrogen) atoms. The molecule has 1 aliphatic heterocycles. The Balaban J connectivity index is 1.38. The van der Waals surface area contributed by atoms with Crippen LogP contribution >= 0.6 is 0 Å². The Morgan fingerprint density at radius 3 is 2.57 bits per heavy atom. The molecule has 0 radical (unpaired) electrons. The molecule has 1 amide bonds. The van der Waals surface area contributed by atoms with E-state index in [1.165, 1.54) is 12.8 Å². The minimum atomic E-state index is -0.0563. The van der Waals surface area contributed by atoms with Crippen molar-refractivity contribution in [2.45, 2.75) is 39.2 Å². The van der Waals surface area contributed by atoms with Crippen molar-refractivity contribution in [3.05, 3.63) is 39.9 Å². The molecule has 3 heterocycles. The fourth-order valence-corrected chi connectivity index (χ4v) is 4.92. The van der Waals surface area contributed by atoms with Gasteiger partial charge in [0.25, 0.3) is 5.56 Å². The van der Waals surface area contributed by atoms with E-state index in [1.807, 2.05) is 34.4 Å². The second-order valence-electron chi connectivity index (χ2n) is 8.72. The molecule has 1 saturated carbocycles. The summed E-state index contributed by atoms with van der Waals surface area (Å²) in [6.07, 6.45) is 4.48. The van der Waals surface area contributed by atoms with Gasteiger partial charge in [-0.2, -0.15) is 0 Å². The highest BCUT2D eigenvalue weighted by molar-refractivity contribution is 5.81. The van der Waals surface area contributed by atoms with Gasteiger partial charge >= 0.3 is 0 Å². The highest BCUT2D eigenvalue weighted by Crippen LogP contribution is 2.27. The van der Waals surface area contributed by atoms with Gasteiger partial charge in [-0.05, 0) is 31.9 Å². The summed E-state index contributed by atoms with van der Waals surface area (Å²) in [7, 11) is 1.74. The number of benzene rings is 1. The molecule has 158 valence electrons. The van der Waals surface area contributed by atoms with Crippen LogP contribution in [0.1, 0.15) is 37.1 Å². The lowest BCUT2D eigenvalue weighted by Crippen LogP contribution is -2.49. The molecule has 8 heteroatoms. The summed E-state index contributed by atoms with van der Waals surface area (Å²) < 4.78 is 3.56. The molecule has 0 bridgehead atoms. The summed E-state index contributed by atoms with van der Waals surface area (Å²) in [5.74, 6) is 1.97. The first-order valence-corrected chi connectivity index (χ1v) is 10.9. The van der Waals surface area contributed by atoms with Gasteiger partial charge in [-0.25, -0.2) is 0 Å². The van der Waals surface area contributed by atoms with Gasteiger partial charge in [0.05, 0.1) is 17.4 Å².